The number of fused-ring (bicyclic) bond motifs is 1. The van der Waals surface area contributed by atoms with Crippen LogP contribution in [-0.2, 0) is 4.74 Å². The second kappa shape index (κ2) is 5.33. The molecule has 0 aliphatic heterocycles. The molecule has 1 aromatic heterocycles. The molecule has 2 aromatic carbocycles. The number of nitrogens with zero attached hydrogens (tertiary/aromatic N) is 1. The highest BCUT2D eigenvalue weighted by Crippen LogP contribution is 2.30. The van der Waals surface area contributed by atoms with Crippen molar-refractivity contribution in [1.82, 2.24) is 4.57 Å². The number of carbonyl (C=O) groups excluding carboxylic acids is 1. The smallest absolute Gasteiger partial charge is 0.337 e. The van der Waals surface area contributed by atoms with Crippen molar-refractivity contribution < 1.29 is 13.9 Å². The summed E-state index contributed by atoms with van der Waals surface area (Å²) in [7, 11) is 1.35. The van der Waals surface area contributed by atoms with Gasteiger partial charge in [0.15, 0.2) is 0 Å². The third kappa shape index (κ3) is 2.45. The van der Waals surface area contributed by atoms with E-state index in [9.17, 15) is 9.18 Å². The molecule has 0 aliphatic rings. The lowest BCUT2D eigenvalue weighted by Crippen LogP contribution is -2.01. The Labute approximate surface area is 129 Å². The molecular formula is C16H11BrFNO2. The Morgan fingerprint density at radius 2 is 1.90 bits per heavy atom. The van der Waals surface area contributed by atoms with E-state index >= 15 is 0 Å². The number of benzene rings is 2. The van der Waals surface area contributed by atoms with Crippen molar-refractivity contribution in [2.24, 2.45) is 0 Å². The standard InChI is InChI=1S/C16H11BrFNO2/c1-21-16(20)10-2-7-13-14(17)9-19(15(13)8-10)12-5-3-11(18)4-6-12/h2-9H,1H3. The molecule has 0 spiro atoms. The Kier molecular flexibility index (Phi) is 3.51. The van der Waals surface area contributed by atoms with Crippen LogP contribution in [0.25, 0.3) is 16.6 Å². The van der Waals surface area contributed by atoms with Crippen LogP contribution in [-0.4, -0.2) is 17.6 Å². The molecule has 3 aromatic rings. The van der Waals surface area contributed by atoms with Gasteiger partial charge >= 0.3 is 5.97 Å². The average molecular weight is 348 g/mol. The molecule has 3 rings (SSSR count). The van der Waals surface area contributed by atoms with E-state index in [0.717, 1.165) is 21.1 Å². The van der Waals surface area contributed by atoms with Crippen LogP contribution in [0.5, 0.6) is 0 Å². The van der Waals surface area contributed by atoms with Gasteiger partial charge in [0.1, 0.15) is 5.82 Å². The first-order valence-electron chi connectivity index (χ1n) is 6.25. The van der Waals surface area contributed by atoms with Gasteiger partial charge in [-0.3, -0.25) is 0 Å². The summed E-state index contributed by atoms with van der Waals surface area (Å²) in [4.78, 5) is 11.7. The Morgan fingerprint density at radius 3 is 2.57 bits per heavy atom. The number of ether oxygens (including phenoxy) is 1. The number of carbonyl (C=O) groups is 1. The number of methoxy groups -OCH3 is 1. The lowest BCUT2D eigenvalue weighted by atomic mass is 10.1. The molecule has 0 saturated carbocycles. The first kappa shape index (κ1) is 13.8. The van der Waals surface area contributed by atoms with Crippen LogP contribution in [0.4, 0.5) is 4.39 Å². The Hall–Kier alpha value is -2.14. The molecule has 0 unspecified atom stereocenters. The Bertz CT molecular complexity index is 824. The SMILES string of the molecule is COC(=O)c1ccc2c(Br)cn(-c3ccc(F)cc3)c2c1. The van der Waals surface area contributed by atoms with Crippen molar-refractivity contribution >= 4 is 32.8 Å². The number of aromatic nitrogens is 1. The molecule has 106 valence electrons. The van der Waals surface area contributed by atoms with Crippen LogP contribution in [0.2, 0.25) is 0 Å². The first-order chi connectivity index (χ1) is 10.1. The lowest BCUT2D eigenvalue weighted by Gasteiger charge is -2.06. The van der Waals surface area contributed by atoms with Crippen LogP contribution in [0.3, 0.4) is 0 Å². The second-order valence-corrected chi connectivity index (χ2v) is 5.40. The van der Waals surface area contributed by atoms with Gasteiger partial charge in [0, 0.05) is 21.7 Å². The highest BCUT2D eigenvalue weighted by molar-refractivity contribution is 9.10. The molecule has 5 heteroatoms. The number of rotatable bonds is 2. The zero-order valence-corrected chi connectivity index (χ0v) is 12.7. The average Bonchev–Trinajstić information content (AvgIpc) is 2.84. The molecule has 0 atom stereocenters. The van der Waals surface area contributed by atoms with Crippen molar-refractivity contribution in [2.75, 3.05) is 7.11 Å². The van der Waals surface area contributed by atoms with E-state index in [2.05, 4.69) is 15.9 Å². The van der Waals surface area contributed by atoms with Crippen LogP contribution in [0.15, 0.2) is 53.1 Å². The fraction of sp³-hybridized carbons (Fsp3) is 0.0625. The maximum atomic E-state index is 13.1. The maximum Gasteiger partial charge on any atom is 0.337 e. The molecule has 0 bridgehead atoms. The minimum absolute atomic E-state index is 0.287. The van der Waals surface area contributed by atoms with E-state index in [1.165, 1.54) is 19.2 Å². The summed E-state index contributed by atoms with van der Waals surface area (Å²) >= 11 is 3.50. The molecule has 0 fully saturated rings. The quantitative estimate of drug-likeness (QED) is 0.646. The minimum atomic E-state index is -0.389. The number of hydrogen-bond donors (Lipinski definition) is 0. The summed E-state index contributed by atoms with van der Waals surface area (Å²) in [5, 5.41) is 0.965. The van der Waals surface area contributed by atoms with E-state index < -0.39 is 0 Å². The van der Waals surface area contributed by atoms with Crippen LogP contribution < -0.4 is 0 Å². The molecule has 21 heavy (non-hydrogen) atoms. The summed E-state index contributed by atoms with van der Waals surface area (Å²) in [6.07, 6.45) is 1.89. The summed E-state index contributed by atoms with van der Waals surface area (Å²) < 4.78 is 20.6. The summed E-state index contributed by atoms with van der Waals surface area (Å²) in [5.74, 6) is -0.676. The molecule has 0 N–H and O–H groups in total. The van der Waals surface area contributed by atoms with Gasteiger partial charge in [-0.25, -0.2) is 9.18 Å². The Balaban J connectivity index is 2.22. The highest BCUT2D eigenvalue weighted by Gasteiger charge is 2.12. The van der Waals surface area contributed by atoms with Gasteiger partial charge in [0.25, 0.3) is 0 Å². The highest BCUT2D eigenvalue weighted by atomic mass is 79.9. The second-order valence-electron chi connectivity index (χ2n) is 4.55. The van der Waals surface area contributed by atoms with E-state index in [1.54, 1.807) is 24.3 Å². The Morgan fingerprint density at radius 1 is 1.19 bits per heavy atom. The number of halogens is 2. The molecule has 0 amide bonds. The van der Waals surface area contributed by atoms with Gasteiger partial charge in [-0.15, -0.1) is 0 Å². The van der Waals surface area contributed by atoms with Gasteiger partial charge < -0.3 is 9.30 Å². The summed E-state index contributed by atoms with van der Waals surface area (Å²) in [5.41, 5.74) is 2.13. The molecule has 3 nitrogen and oxygen atoms in total. The fourth-order valence-corrected chi connectivity index (χ4v) is 2.79. The van der Waals surface area contributed by atoms with Crippen LogP contribution >= 0.6 is 15.9 Å². The lowest BCUT2D eigenvalue weighted by molar-refractivity contribution is 0.0601. The zero-order valence-electron chi connectivity index (χ0n) is 11.1. The predicted molar refractivity (Wildman–Crippen MR) is 82.3 cm³/mol. The molecule has 1 heterocycles. The first-order valence-corrected chi connectivity index (χ1v) is 7.04. The van der Waals surface area contributed by atoms with Gasteiger partial charge in [-0.1, -0.05) is 6.07 Å². The van der Waals surface area contributed by atoms with Gasteiger partial charge in [-0.05, 0) is 52.3 Å². The van der Waals surface area contributed by atoms with Crippen molar-refractivity contribution in [3.8, 4) is 5.69 Å². The van der Waals surface area contributed by atoms with Crippen molar-refractivity contribution in [1.29, 1.82) is 0 Å². The monoisotopic (exact) mass is 347 g/mol. The van der Waals surface area contributed by atoms with Crippen LogP contribution in [0, 0.1) is 5.82 Å². The van der Waals surface area contributed by atoms with Crippen molar-refractivity contribution in [3.63, 3.8) is 0 Å². The fourth-order valence-electron chi connectivity index (χ4n) is 2.25. The zero-order chi connectivity index (χ0) is 15.0. The van der Waals surface area contributed by atoms with E-state index in [0.29, 0.717) is 5.56 Å². The molecular weight excluding hydrogens is 337 g/mol. The minimum Gasteiger partial charge on any atom is -0.465 e. The topological polar surface area (TPSA) is 31.2 Å². The van der Waals surface area contributed by atoms with E-state index in [1.807, 2.05) is 16.8 Å². The van der Waals surface area contributed by atoms with Gasteiger partial charge in [0.2, 0.25) is 0 Å². The van der Waals surface area contributed by atoms with Gasteiger partial charge in [0.05, 0.1) is 18.2 Å². The number of hydrogen-bond acceptors (Lipinski definition) is 2. The van der Waals surface area contributed by atoms with Crippen molar-refractivity contribution in [3.05, 3.63) is 64.5 Å². The normalized spacial score (nSPS) is 10.8. The third-order valence-electron chi connectivity index (χ3n) is 3.28. The molecule has 0 aliphatic carbocycles. The van der Waals surface area contributed by atoms with E-state index in [4.69, 9.17) is 4.74 Å². The largest absolute Gasteiger partial charge is 0.465 e. The van der Waals surface area contributed by atoms with Crippen LogP contribution in [0.1, 0.15) is 10.4 Å². The number of esters is 1. The summed E-state index contributed by atoms with van der Waals surface area (Å²) in [6.45, 7) is 0. The third-order valence-corrected chi connectivity index (χ3v) is 3.91. The summed E-state index contributed by atoms with van der Waals surface area (Å²) in [6, 6.07) is 11.5. The predicted octanol–water partition coefficient (Wildman–Crippen LogP) is 4.32. The maximum absolute atomic E-state index is 13.1. The molecule has 0 radical (unpaired) electrons. The van der Waals surface area contributed by atoms with Gasteiger partial charge in [-0.2, -0.15) is 0 Å². The molecule has 0 saturated heterocycles. The van der Waals surface area contributed by atoms with E-state index in [-0.39, 0.29) is 11.8 Å². The van der Waals surface area contributed by atoms with Crippen molar-refractivity contribution in [2.45, 2.75) is 0 Å².